The topological polar surface area (TPSA) is 74.4 Å². The van der Waals surface area contributed by atoms with E-state index in [4.69, 9.17) is 0 Å². The number of fused-ring (bicyclic) bond motifs is 1. The van der Waals surface area contributed by atoms with Crippen LogP contribution in [0.2, 0.25) is 0 Å². The van der Waals surface area contributed by atoms with E-state index < -0.39 is 11.5 Å². The van der Waals surface area contributed by atoms with Gasteiger partial charge in [-0.1, -0.05) is 12.1 Å². The van der Waals surface area contributed by atoms with Gasteiger partial charge < -0.3 is 4.98 Å². The molecule has 6 heteroatoms. The van der Waals surface area contributed by atoms with E-state index in [1.165, 1.54) is 6.07 Å². The van der Waals surface area contributed by atoms with Crippen molar-refractivity contribution in [2.75, 3.05) is 0 Å². The standard InChI is InChI=1S/C11H7FN4O/c12-7-3-1-2-6-9(7)14-11(17)15-10(6)8-4-5-13-16-8/h1-5H,(H,13,16)(H,14,15,17). The summed E-state index contributed by atoms with van der Waals surface area (Å²) in [6.45, 7) is 0. The summed E-state index contributed by atoms with van der Waals surface area (Å²) >= 11 is 0. The molecule has 2 aromatic heterocycles. The highest BCUT2D eigenvalue weighted by Crippen LogP contribution is 2.23. The Morgan fingerprint density at radius 1 is 1.24 bits per heavy atom. The minimum Gasteiger partial charge on any atom is -0.303 e. The summed E-state index contributed by atoms with van der Waals surface area (Å²) in [4.78, 5) is 17.6. The molecule has 0 amide bonds. The zero-order chi connectivity index (χ0) is 11.8. The van der Waals surface area contributed by atoms with Crippen molar-refractivity contribution in [2.24, 2.45) is 0 Å². The van der Waals surface area contributed by atoms with Crippen molar-refractivity contribution in [1.29, 1.82) is 0 Å². The quantitative estimate of drug-likeness (QED) is 0.664. The molecule has 84 valence electrons. The summed E-state index contributed by atoms with van der Waals surface area (Å²) in [6, 6.07) is 6.22. The first-order valence-corrected chi connectivity index (χ1v) is 4.94. The number of aromatic amines is 2. The lowest BCUT2D eigenvalue weighted by atomic mass is 10.1. The average Bonchev–Trinajstić information content (AvgIpc) is 2.83. The minimum atomic E-state index is -0.591. The van der Waals surface area contributed by atoms with E-state index in [0.717, 1.165) is 0 Å². The lowest BCUT2D eigenvalue weighted by Crippen LogP contribution is -2.12. The largest absolute Gasteiger partial charge is 0.346 e. The fraction of sp³-hybridized carbons (Fsp3) is 0. The zero-order valence-electron chi connectivity index (χ0n) is 8.57. The molecular formula is C11H7FN4O. The molecular weight excluding hydrogens is 223 g/mol. The Kier molecular flexibility index (Phi) is 2.01. The molecule has 3 aromatic rings. The third-order valence-corrected chi connectivity index (χ3v) is 2.47. The van der Waals surface area contributed by atoms with Gasteiger partial charge in [0.15, 0.2) is 0 Å². The second-order valence-corrected chi connectivity index (χ2v) is 3.52. The number of hydrogen-bond donors (Lipinski definition) is 2. The first kappa shape index (κ1) is 9.71. The van der Waals surface area contributed by atoms with E-state index in [2.05, 4.69) is 20.2 Å². The van der Waals surface area contributed by atoms with E-state index in [-0.39, 0.29) is 5.52 Å². The highest BCUT2D eigenvalue weighted by molar-refractivity contribution is 5.91. The summed E-state index contributed by atoms with van der Waals surface area (Å²) < 4.78 is 13.5. The molecule has 5 nitrogen and oxygen atoms in total. The van der Waals surface area contributed by atoms with Gasteiger partial charge in [0, 0.05) is 11.6 Å². The van der Waals surface area contributed by atoms with Gasteiger partial charge in [-0.15, -0.1) is 0 Å². The van der Waals surface area contributed by atoms with Crippen molar-refractivity contribution < 1.29 is 4.39 Å². The van der Waals surface area contributed by atoms with Crippen LogP contribution < -0.4 is 5.69 Å². The van der Waals surface area contributed by atoms with Gasteiger partial charge in [-0.3, -0.25) is 5.10 Å². The first-order valence-electron chi connectivity index (χ1n) is 4.94. The van der Waals surface area contributed by atoms with Crippen molar-refractivity contribution in [1.82, 2.24) is 20.2 Å². The van der Waals surface area contributed by atoms with Gasteiger partial charge >= 0.3 is 5.69 Å². The van der Waals surface area contributed by atoms with Crippen LogP contribution in [0.5, 0.6) is 0 Å². The van der Waals surface area contributed by atoms with E-state index in [0.29, 0.717) is 16.8 Å². The molecule has 0 bridgehead atoms. The molecule has 0 unspecified atom stereocenters. The molecule has 3 rings (SSSR count). The average molecular weight is 230 g/mol. The first-order chi connectivity index (χ1) is 8.25. The summed E-state index contributed by atoms with van der Waals surface area (Å²) in [5.74, 6) is -0.519. The number of rotatable bonds is 1. The molecule has 0 aliphatic heterocycles. The zero-order valence-corrected chi connectivity index (χ0v) is 8.57. The summed E-state index contributed by atoms with van der Waals surface area (Å²) in [5, 5.41) is 7.05. The van der Waals surface area contributed by atoms with Crippen molar-refractivity contribution in [3.63, 3.8) is 0 Å². The second-order valence-electron chi connectivity index (χ2n) is 3.52. The number of halogens is 1. The maximum atomic E-state index is 13.5. The maximum Gasteiger partial charge on any atom is 0.346 e. The van der Waals surface area contributed by atoms with Crippen LogP contribution in [0.3, 0.4) is 0 Å². The van der Waals surface area contributed by atoms with Gasteiger partial charge in [-0.25, -0.2) is 9.18 Å². The molecule has 2 N–H and O–H groups in total. The fourth-order valence-corrected chi connectivity index (χ4v) is 1.74. The Balaban J connectivity index is 2.46. The van der Waals surface area contributed by atoms with E-state index in [9.17, 15) is 9.18 Å². The van der Waals surface area contributed by atoms with E-state index in [1.807, 2.05) is 0 Å². The Hall–Kier alpha value is -2.50. The minimum absolute atomic E-state index is 0.0563. The van der Waals surface area contributed by atoms with Crippen LogP contribution in [-0.2, 0) is 0 Å². The number of nitrogens with zero attached hydrogens (tertiary/aromatic N) is 2. The highest BCUT2D eigenvalue weighted by Gasteiger charge is 2.10. The van der Waals surface area contributed by atoms with Crippen LogP contribution in [-0.4, -0.2) is 20.2 Å². The van der Waals surface area contributed by atoms with Crippen LogP contribution in [0.4, 0.5) is 4.39 Å². The second kappa shape index (κ2) is 3.51. The molecule has 0 saturated carbocycles. The van der Waals surface area contributed by atoms with Gasteiger partial charge in [0.2, 0.25) is 0 Å². The molecule has 1 aromatic carbocycles. The third kappa shape index (κ3) is 1.50. The number of para-hydroxylation sites is 1. The predicted octanol–water partition coefficient (Wildman–Crippen LogP) is 1.45. The normalized spacial score (nSPS) is 10.9. The summed E-state index contributed by atoms with van der Waals surface area (Å²) in [6.07, 6.45) is 1.55. The van der Waals surface area contributed by atoms with Gasteiger partial charge in [0.05, 0.1) is 11.4 Å². The Labute approximate surface area is 94.3 Å². The Morgan fingerprint density at radius 3 is 2.88 bits per heavy atom. The lowest BCUT2D eigenvalue weighted by molar-refractivity contribution is 0.636. The summed E-state index contributed by atoms with van der Waals surface area (Å²) in [5.41, 5.74) is 0.560. The van der Waals surface area contributed by atoms with E-state index in [1.54, 1.807) is 24.4 Å². The van der Waals surface area contributed by atoms with Gasteiger partial charge in [-0.2, -0.15) is 10.1 Å². The number of hydrogen-bond acceptors (Lipinski definition) is 3. The van der Waals surface area contributed by atoms with Crippen molar-refractivity contribution in [3.05, 3.63) is 46.8 Å². The molecule has 0 aliphatic carbocycles. The number of H-pyrrole nitrogens is 2. The molecule has 0 saturated heterocycles. The predicted molar refractivity (Wildman–Crippen MR) is 59.9 cm³/mol. The molecule has 2 heterocycles. The van der Waals surface area contributed by atoms with Crippen molar-refractivity contribution >= 4 is 10.9 Å². The maximum absolute atomic E-state index is 13.5. The van der Waals surface area contributed by atoms with Gasteiger partial charge in [-0.05, 0) is 12.1 Å². The van der Waals surface area contributed by atoms with Crippen LogP contribution in [0.15, 0.2) is 35.3 Å². The SMILES string of the molecule is O=c1nc2c(F)cccc2c(-c2ccn[nH]2)[nH]1. The lowest BCUT2D eigenvalue weighted by Gasteiger charge is -2.03. The van der Waals surface area contributed by atoms with Crippen LogP contribution in [0, 0.1) is 5.82 Å². The van der Waals surface area contributed by atoms with Gasteiger partial charge in [0.25, 0.3) is 0 Å². The number of nitrogens with one attached hydrogen (secondary N) is 2. The third-order valence-electron chi connectivity index (χ3n) is 2.47. The van der Waals surface area contributed by atoms with Crippen molar-refractivity contribution in [3.8, 4) is 11.4 Å². The Bertz CT molecular complexity index is 733. The van der Waals surface area contributed by atoms with Crippen LogP contribution in [0.1, 0.15) is 0 Å². The number of aromatic nitrogens is 4. The fourth-order valence-electron chi connectivity index (χ4n) is 1.74. The van der Waals surface area contributed by atoms with Crippen LogP contribution in [0.25, 0.3) is 22.3 Å². The molecule has 0 spiro atoms. The Morgan fingerprint density at radius 2 is 2.12 bits per heavy atom. The van der Waals surface area contributed by atoms with Crippen LogP contribution >= 0.6 is 0 Å². The molecule has 17 heavy (non-hydrogen) atoms. The molecule has 0 aliphatic rings. The molecule has 0 fully saturated rings. The number of benzene rings is 1. The highest BCUT2D eigenvalue weighted by atomic mass is 19.1. The monoisotopic (exact) mass is 230 g/mol. The van der Waals surface area contributed by atoms with E-state index >= 15 is 0 Å². The molecule has 0 atom stereocenters. The smallest absolute Gasteiger partial charge is 0.303 e. The summed E-state index contributed by atoms with van der Waals surface area (Å²) in [7, 11) is 0. The molecule has 0 radical (unpaired) electrons. The van der Waals surface area contributed by atoms with Gasteiger partial charge in [0.1, 0.15) is 11.3 Å². The van der Waals surface area contributed by atoms with Crippen molar-refractivity contribution in [2.45, 2.75) is 0 Å².